The lowest BCUT2D eigenvalue weighted by molar-refractivity contribution is 0.0607. The van der Waals surface area contributed by atoms with Crippen LogP contribution in [0.4, 0.5) is 5.69 Å². The van der Waals surface area contributed by atoms with Gasteiger partial charge >= 0.3 is 5.97 Å². The summed E-state index contributed by atoms with van der Waals surface area (Å²) in [6.07, 6.45) is 12.7. The first-order valence-electron chi connectivity index (χ1n) is 8.80. The molecule has 0 atom stereocenters. The predicted octanol–water partition coefficient (Wildman–Crippen LogP) is 5.52. The Morgan fingerprint density at radius 3 is 2.85 bits per heavy atom. The summed E-state index contributed by atoms with van der Waals surface area (Å²) < 4.78 is 4.98. The molecule has 1 aliphatic rings. The number of methoxy groups -OCH3 is 1. The van der Waals surface area contributed by atoms with Crippen LogP contribution in [-0.4, -0.2) is 24.7 Å². The molecule has 1 aromatic rings. The zero-order chi connectivity index (χ0) is 19.5. The second-order valence-corrected chi connectivity index (χ2v) is 6.82. The summed E-state index contributed by atoms with van der Waals surface area (Å²) in [5.41, 5.74) is 13.1. The zero-order valence-corrected chi connectivity index (χ0v) is 16.4. The van der Waals surface area contributed by atoms with Gasteiger partial charge in [-0.3, -0.25) is 0 Å². The Morgan fingerprint density at radius 2 is 2.19 bits per heavy atom. The number of hydrogen-bond donors (Lipinski definition) is 1. The van der Waals surface area contributed by atoms with E-state index < -0.39 is 0 Å². The van der Waals surface area contributed by atoms with Crippen LogP contribution in [-0.2, 0) is 4.74 Å². The molecule has 0 aliphatic heterocycles. The van der Waals surface area contributed by atoms with Gasteiger partial charge in [0, 0.05) is 11.4 Å². The van der Waals surface area contributed by atoms with E-state index in [1.54, 1.807) is 18.4 Å². The van der Waals surface area contributed by atoms with Crippen molar-refractivity contribution in [2.45, 2.75) is 32.6 Å². The fraction of sp³-hybridized carbons (Fsp3) is 0.318. The highest BCUT2D eigenvalue weighted by Crippen LogP contribution is 2.38. The van der Waals surface area contributed by atoms with E-state index in [4.69, 9.17) is 9.84 Å². The van der Waals surface area contributed by atoms with Gasteiger partial charge in [0.1, 0.15) is 11.1 Å². The number of thiophene rings is 1. The minimum Gasteiger partial charge on any atom is -0.507 e. The van der Waals surface area contributed by atoms with Gasteiger partial charge in [0.25, 0.3) is 0 Å². The lowest BCUT2D eigenvalue weighted by atomic mass is 9.98. The van der Waals surface area contributed by atoms with Crippen LogP contribution in [0.25, 0.3) is 5.57 Å². The largest absolute Gasteiger partial charge is 0.507 e. The molecule has 2 rings (SSSR count). The van der Waals surface area contributed by atoms with E-state index in [0.29, 0.717) is 11.4 Å². The number of anilines is 1. The third-order valence-electron chi connectivity index (χ3n) is 3.99. The van der Waals surface area contributed by atoms with Crippen LogP contribution in [0.2, 0.25) is 0 Å². The van der Waals surface area contributed by atoms with Crippen LogP contribution < -0.4 is 4.90 Å². The Kier molecular flexibility index (Phi) is 8.29. The Labute approximate surface area is 164 Å². The topological polar surface area (TPSA) is 49.8 Å². The summed E-state index contributed by atoms with van der Waals surface area (Å²) in [5.74, 6) is -0.370. The van der Waals surface area contributed by atoms with E-state index in [1.807, 2.05) is 17.9 Å². The Morgan fingerprint density at radius 1 is 1.33 bits per heavy atom. The highest BCUT2D eigenvalue weighted by molar-refractivity contribution is 7.15. The molecule has 1 aromatic heterocycles. The lowest BCUT2D eigenvalue weighted by Crippen LogP contribution is -2.17. The van der Waals surface area contributed by atoms with E-state index in [9.17, 15) is 4.79 Å². The fourth-order valence-corrected chi connectivity index (χ4v) is 3.87. The monoisotopic (exact) mass is 381 g/mol. The average Bonchev–Trinajstić information content (AvgIpc) is 3.15. The molecule has 0 radical (unpaired) electrons. The second kappa shape index (κ2) is 11.0. The Bertz CT molecular complexity index is 896. The van der Waals surface area contributed by atoms with Gasteiger partial charge in [-0.15, -0.1) is 11.3 Å². The quantitative estimate of drug-likeness (QED) is 0.400. The van der Waals surface area contributed by atoms with Gasteiger partial charge in [0.15, 0.2) is 0 Å². The summed E-state index contributed by atoms with van der Waals surface area (Å²) in [4.78, 5) is 15.8. The average molecular weight is 381 g/mol. The normalized spacial score (nSPS) is 12.3. The van der Waals surface area contributed by atoms with Gasteiger partial charge in [0.2, 0.25) is 0 Å². The highest BCUT2D eigenvalue weighted by Gasteiger charge is 2.22. The van der Waals surface area contributed by atoms with E-state index in [-0.39, 0.29) is 5.97 Å². The molecule has 0 saturated carbocycles. The smallest absolute Gasteiger partial charge is 0.350 e. The van der Waals surface area contributed by atoms with E-state index in [1.165, 1.54) is 30.4 Å². The molecule has 4 nitrogen and oxygen atoms in total. The second-order valence-electron chi connectivity index (χ2n) is 5.77. The van der Waals surface area contributed by atoms with Crippen molar-refractivity contribution in [2.24, 2.45) is 0 Å². The molecule has 5 heteroatoms. The van der Waals surface area contributed by atoms with Crippen molar-refractivity contribution < 1.29 is 14.6 Å². The minimum atomic E-state index is -0.370. The standard InChI is InChI=1S/C22H23NO3S/c1-3-4-5-9-14-23(15-10-11-16-24)19-17-20(18-12-7-6-8-13-18)27-21(19)22(25)26-2/h3,9,12,15-17,24H,6-8,13-14H2,1-2H3. The minimum absolute atomic E-state index is 0.370. The predicted molar refractivity (Wildman–Crippen MR) is 110 cm³/mol. The molecule has 1 aliphatic carbocycles. The number of carbonyl (C=O) groups excluding carboxylic acids is 1. The first-order chi connectivity index (χ1) is 13.2. The number of ether oxygens (including phenoxy) is 1. The lowest BCUT2D eigenvalue weighted by Gasteiger charge is -2.16. The Hall–Kier alpha value is -2.89. The van der Waals surface area contributed by atoms with Crippen LogP contribution in [0.15, 0.2) is 59.7 Å². The third kappa shape index (κ3) is 5.81. The molecule has 0 spiro atoms. The maximum absolute atomic E-state index is 12.3. The highest BCUT2D eigenvalue weighted by atomic mass is 32.1. The maximum Gasteiger partial charge on any atom is 0.350 e. The van der Waals surface area contributed by atoms with Crippen LogP contribution in [0.3, 0.4) is 0 Å². The van der Waals surface area contributed by atoms with Crippen molar-refractivity contribution >= 4 is 28.6 Å². The number of esters is 1. The van der Waals surface area contributed by atoms with Gasteiger partial charge < -0.3 is 14.7 Å². The van der Waals surface area contributed by atoms with E-state index in [0.717, 1.165) is 36.1 Å². The first kappa shape index (κ1) is 20.4. The molecular weight excluding hydrogens is 358 g/mol. The number of rotatable bonds is 6. The number of aliphatic hydroxyl groups excluding tert-OH is 1. The number of hydrogen-bond acceptors (Lipinski definition) is 5. The number of nitrogens with zero attached hydrogens (tertiary/aromatic N) is 1. The first-order valence-corrected chi connectivity index (χ1v) is 9.62. The molecule has 0 saturated heterocycles. The zero-order valence-electron chi connectivity index (χ0n) is 15.6. The van der Waals surface area contributed by atoms with Crippen molar-refractivity contribution in [1.29, 1.82) is 0 Å². The summed E-state index contributed by atoms with van der Waals surface area (Å²) in [6, 6.07) is 2.02. The van der Waals surface area contributed by atoms with E-state index >= 15 is 0 Å². The van der Waals surface area contributed by atoms with Crippen molar-refractivity contribution in [1.82, 2.24) is 0 Å². The molecule has 1 heterocycles. The van der Waals surface area contributed by atoms with Gasteiger partial charge in [-0.2, -0.15) is 0 Å². The maximum atomic E-state index is 12.3. The summed E-state index contributed by atoms with van der Waals surface area (Å²) >= 11 is 1.44. The number of aliphatic hydroxyl groups is 1. The fourth-order valence-electron chi connectivity index (χ4n) is 2.71. The number of allylic oxidation sites excluding steroid dienone is 3. The molecule has 0 bridgehead atoms. The SMILES string of the molecule is CC=C=C=CCN(C=C=C=CO)c1cc(C2=CCCCC2)sc1C(=O)OC. The van der Waals surface area contributed by atoms with Gasteiger partial charge in [-0.1, -0.05) is 17.5 Å². The van der Waals surface area contributed by atoms with Crippen molar-refractivity contribution in [3.63, 3.8) is 0 Å². The Balaban J connectivity index is 2.52. The van der Waals surface area contributed by atoms with Crippen LogP contribution >= 0.6 is 11.3 Å². The van der Waals surface area contributed by atoms with Crippen LogP contribution in [0.1, 0.15) is 47.2 Å². The van der Waals surface area contributed by atoms with Crippen molar-refractivity contribution in [2.75, 3.05) is 18.6 Å². The molecule has 140 valence electrons. The van der Waals surface area contributed by atoms with Crippen molar-refractivity contribution in [3.8, 4) is 0 Å². The van der Waals surface area contributed by atoms with Crippen molar-refractivity contribution in [3.05, 3.63) is 69.4 Å². The summed E-state index contributed by atoms with van der Waals surface area (Å²) in [5, 5.41) is 8.80. The third-order valence-corrected chi connectivity index (χ3v) is 5.17. The van der Waals surface area contributed by atoms with Gasteiger partial charge in [0.05, 0.1) is 19.0 Å². The summed E-state index contributed by atoms with van der Waals surface area (Å²) in [6.45, 7) is 2.33. The molecular formula is C22H23NO3S. The summed E-state index contributed by atoms with van der Waals surface area (Å²) in [7, 11) is 1.38. The van der Waals surface area contributed by atoms with Gasteiger partial charge in [-0.05, 0) is 67.9 Å². The molecule has 1 N–H and O–H groups in total. The molecule has 0 aromatic carbocycles. The molecule has 0 unspecified atom stereocenters. The van der Waals surface area contributed by atoms with Crippen LogP contribution in [0, 0.1) is 0 Å². The molecule has 27 heavy (non-hydrogen) atoms. The van der Waals surface area contributed by atoms with E-state index in [2.05, 4.69) is 29.0 Å². The van der Waals surface area contributed by atoms with Gasteiger partial charge in [-0.25, -0.2) is 4.79 Å². The molecule has 0 amide bonds. The van der Waals surface area contributed by atoms with Crippen LogP contribution in [0.5, 0.6) is 0 Å². The number of carbonyl (C=O) groups is 1. The molecule has 0 fully saturated rings.